The molecule has 0 spiro atoms. The highest BCUT2D eigenvalue weighted by Crippen LogP contribution is 2.33. The maximum atomic E-state index is 13.6. The summed E-state index contributed by atoms with van der Waals surface area (Å²) in [4.78, 5) is 16.4. The van der Waals surface area contributed by atoms with E-state index in [2.05, 4.69) is 31.7 Å². The number of benzene rings is 2. The zero-order valence-corrected chi connectivity index (χ0v) is 13.5. The second kappa shape index (κ2) is 5.99. The molecule has 8 heteroatoms. The third-order valence-corrected chi connectivity index (χ3v) is 4.49. The van der Waals surface area contributed by atoms with E-state index in [-0.39, 0.29) is 5.56 Å². The quantitative estimate of drug-likeness (QED) is 0.477. The van der Waals surface area contributed by atoms with E-state index in [1.165, 1.54) is 29.5 Å². The van der Waals surface area contributed by atoms with Crippen LogP contribution in [0.1, 0.15) is 10.4 Å². The molecule has 0 saturated carbocycles. The Labute approximate surface area is 137 Å². The third-order valence-electron chi connectivity index (χ3n) is 2.95. The highest BCUT2D eigenvalue weighted by atomic mass is 79.9. The Bertz CT molecular complexity index is 867. The number of anilines is 2. The van der Waals surface area contributed by atoms with Crippen LogP contribution in [0, 0.1) is 5.82 Å². The molecule has 0 atom stereocenters. The van der Waals surface area contributed by atoms with Gasteiger partial charge in [-0.25, -0.2) is 15.2 Å². The first kappa shape index (κ1) is 14.9. The highest BCUT2D eigenvalue weighted by Gasteiger charge is 2.13. The highest BCUT2D eigenvalue weighted by molar-refractivity contribution is 9.10. The van der Waals surface area contributed by atoms with E-state index in [1.54, 1.807) is 18.2 Å². The van der Waals surface area contributed by atoms with Crippen LogP contribution >= 0.6 is 27.3 Å². The van der Waals surface area contributed by atoms with Crippen LogP contribution in [0.2, 0.25) is 0 Å². The molecule has 1 heterocycles. The van der Waals surface area contributed by atoms with Gasteiger partial charge in [0.15, 0.2) is 5.13 Å². The molecule has 0 radical (unpaired) electrons. The van der Waals surface area contributed by atoms with Crippen molar-refractivity contribution in [2.45, 2.75) is 0 Å². The van der Waals surface area contributed by atoms with Crippen molar-refractivity contribution < 1.29 is 9.18 Å². The topological polar surface area (TPSA) is 80.0 Å². The number of hydrogen-bond acceptors (Lipinski definition) is 5. The second-order valence-electron chi connectivity index (χ2n) is 4.40. The van der Waals surface area contributed by atoms with Gasteiger partial charge in [-0.15, -0.1) is 0 Å². The van der Waals surface area contributed by atoms with Crippen molar-refractivity contribution in [3.8, 4) is 0 Å². The lowest BCUT2D eigenvalue weighted by atomic mass is 10.2. The number of halogens is 2. The third kappa shape index (κ3) is 2.80. The number of amides is 1. The summed E-state index contributed by atoms with van der Waals surface area (Å²) in [6.07, 6.45) is 0. The minimum absolute atomic E-state index is 0.00709. The number of nitrogens with one attached hydrogen (secondary N) is 2. The second-order valence-corrected chi connectivity index (χ2v) is 6.29. The predicted octanol–water partition coefficient (Wildman–Crippen LogP) is 3.74. The molecule has 0 unspecified atom stereocenters. The maximum absolute atomic E-state index is 13.6. The molecule has 0 aliphatic heterocycles. The molecule has 2 aromatic carbocycles. The van der Waals surface area contributed by atoms with Crippen LogP contribution in [0.25, 0.3) is 10.2 Å². The number of thiazole rings is 1. The van der Waals surface area contributed by atoms with Crippen molar-refractivity contribution in [1.29, 1.82) is 0 Å². The minimum atomic E-state index is -0.562. The molecule has 3 rings (SSSR count). The average molecular weight is 381 g/mol. The van der Waals surface area contributed by atoms with Gasteiger partial charge < -0.3 is 5.32 Å². The molecule has 22 heavy (non-hydrogen) atoms. The first-order chi connectivity index (χ1) is 10.6. The van der Waals surface area contributed by atoms with Crippen LogP contribution in [-0.4, -0.2) is 10.9 Å². The zero-order valence-electron chi connectivity index (χ0n) is 11.1. The lowest BCUT2D eigenvalue weighted by Gasteiger charge is -2.07. The van der Waals surface area contributed by atoms with Gasteiger partial charge in [0.1, 0.15) is 5.82 Å². The zero-order chi connectivity index (χ0) is 15.7. The summed E-state index contributed by atoms with van der Waals surface area (Å²) in [5.41, 5.74) is 3.76. The van der Waals surface area contributed by atoms with Crippen LogP contribution in [0.5, 0.6) is 0 Å². The van der Waals surface area contributed by atoms with Crippen molar-refractivity contribution in [3.63, 3.8) is 0 Å². The summed E-state index contributed by atoms with van der Waals surface area (Å²) in [6.45, 7) is 0. The average Bonchev–Trinajstić information content (AvgIpc) is 2.91. The smallest absolute Gasteiger partial charge is 0.258 e. The number of hydrazine groups is 1. The van der Waals surface area contributed by atoms with Crippen molar-refractivity contribution in [3.05, 3.63) is 52.3 Å². The summed E-state index contributed by atoms with van der Waals surface area (Å²) in [6, 6.07) is 9.29. The SMILES string of the molecule is NNc1nc2c(Br)cc(NC(=O)c3ccccc3F)cc2s1. The van der Waals surface area contributed by atoms with E-state index < -0.39 is 11.7 Å². The monoisotopic (exact) mass is 380 g/mol. The van der Waals surface area contributed by atoms with Crippen molar-refractivity contribution in [2.75, 3.05) is 10.7 Å². The molecular formula is C14H10BrFN4OS. The Hall–Kier alpha value is -2.03. The van der Waals surface area contributed by atoms with Crippen LogP contribution in [0.3, 0.4) is 0 Å². The number of carbonyl (C=O) groups is 1. The van der Waals surface area contributed by atoms with Gasteiger partial charge in [0, 0.05) is 10.2 Å². The number of nitrogens with two attached hydrogens (primary N) is 1. The molecule has 3 aromatic rings. The van der Waals surface area contributed by atoms with Crippen LogP contribution in [-0.2, 0) is 0 Å². The summed E-state index contributed by atoms with van der Waals surface area (Å²) >= 11 is 4.75. The van der Waals surface area contributed by atoms with Gasteiger partial charge in [-0.05, 0) is 40.2 Å². The summed E-state index contributed by atoms with van der Waals surface area (Å²) in [5.74, 6) is 4.28. The van der Waals surface area contributed by atoms with Gasteiger partial charge in [0.05, 0.1) is 15.8 Å². The van der Waals surface area contributed by atoms with E-state index in [0.717, 1.165) is 10.2 Å². The van der Waals surface area contributed by atoms with Crippen molar-refractivity contribution >= 4 is 54.2 Å². The molecule has 1 amide bonds. The summed E-state index contributed by atoms with van der Waals surface area (Å²) in [5, 5.41) is 3.24. The Kier molecular flexibility index (Phi) is 4.06. The molecule has 0 bridgehead atoms. The van der Waals surface area contributed by atoms with Gasteiger partial charge in [-0.2, -0.15) is 0 Å². The van der Waals surface area contributed by atoms with Crippen molar-refractivity contribution in [2.24, 2.45) is 5.84 Å². The fraction of sp³-hybridized carbons (Fsp3) is 0. The molecule has 112 valence electrons. The molecule has 4 N–H and O–H groups in total. The molecule has 0 aliphatic carbocycles. The Morgan fingerprint density at radius 1 is 1.32 bits per heavy atom. The predicted molar refractivity (Wildman–Crippen MR) is 89.5 cm³/mol. The van der Waals surface area contributed by atoms with E-state index in [9.17, 15) is 9.18 Å². The Morgan fingerprint density at radius 2 is 2.09 bits per heavy atom. The van der Waals surface area contributed by atoms with Gasteiger partial charge >= 0.3 is 0 Å². The maximum Gasteiger partial charge on any atom is 0.258 e. The normalized spacial score (nSPS) is 10.7. The summed E-state index contributed by atoms with van der Waals surface area (Å²) in [7, 11) is 0. The number of nitrogen functional groups attached to an aromatic ring is 1. The van der Waals surface area contributed by atoms with Gasteiger partial charge in [-0.1, -0.05) is 23.5 Å². The van der Waals surface area contributed by atoms with E-state index in [0.29, 0.717) is 15.3 Å². The molecule has 0 saturated heterocycles. The van der Waals surface area contributed by atoms with Gasteiger partial charge in [0.2, 0.25) is 0 Å². The fourth-order valence-corrected chi connectivity index (χ4v) is 3.49. The van der Waals surface area contributed by atoms with Crippen LogP contribution in [0.15, 0.2) is 40.9 Å². The number of rotatable bonds is 3. The standard InChI is InChI=1S/C14H10BrFN4OS/c15-9-5-7(6-11-12(9)19-14(20-17)22-11)18-13(21)8-3-1-2-4-10(8)16/h1-6H,17H2,(H,18,21)(H,19,20). The lowest BCUT2D eigenvalue weighted by molar-refractivity contribution is 0.102. The number of carbonyl (C=O) groups excluding carboxylic acids is 1. The first-order valence-corrected chi connectivity index (χ1v) is 7.82. The fourth-order valence-electron chi connectivity index (χ4n) is 1.97. The number of fused-ring (bicyclic) bond motifs is 1. The van der Waals surface area contributed by atoms with E-state index in [4.69, 9.17) is 5.84 Å². The largest absolute Gasteiger partial charge is 0.322 e. The first-order valence-electron chi connectivity index (χ1n) is 6.21. The Balaban J connectivity index is 1.94. The van der Waals surface area contributed by atoms with Gasteiger partial charge in [-0.3, -0.25) is 10.2 Å². The van der Waals surface area contributed by atoms with E-state index in [1.807, 2.05) is 0 Å². The molecule has 1 aromatic heterocycles. The van der Waals surface area contributed by atoms with Crippen LogP contribution < -0.4 is 16.6 Å². The molecular weight excluding hydrogens is 371 g/mol. The minimum Gasteiger partial charge on any atom is -0.322 e. The number of aromatic nitrogens is 1. The van der Waals surface area contributed by atoms with Gasteiger partial charge in [0.25, 0.3) is 5.91 Å². The van der Waals surface area contributed by atoms with E-state index >= 15 is 0 Å². The number of nitrogens with zero attached hydrogens (tertiary/aromatic N) is 1. The molecule has 5 nitrogen and oxygen atoms in total. The lowest BCUT2D eigenvalue weighted by Crippen LogP contribution is -2.13. The number of hydrogen-bond donors (Lipinski definition) is 3. The van der Waals surface area contributed by atoms with Crippen LogP contribution in [0.4, 0.5) is 15.2 Å². The van der Waals surface area contributed by atoms with Crippen molar-refractivity contribution in [1.82, 2.24) is 4.98 Å². The summed E-state index contributed by atoms with van der Waals surface area (Å²) < 4.78 is 15.2. The molecule has 0 fully saturated rings. The Morgan fingerprint density at radius 3 is 2.82 bits per heavy atom. The molecule has 0 aliphatic rings.